The molecule has 2 aliphatic heterocycles. The van der Waals surface area contributed by atoms with Gasteiger partial charge in [0.2, 0.25) is 11.9 Å². The average molecular weight is 526 g/mol. The maximum absolute atomic E-state index is 15.2. The van der Waals surface area contributed by atoms with Crippen molar-refractivity contribution in [1.82, 2.24) is 29.9 Å². The molecule has 3 aliphatic rings. The molecule has 2 fully saturated rings. The van der Waals surface area contributed by atoms with Crippen molar-refractivity contribution in [2.45, 2.75) is 32.1 Å². The van der Waals surface area contributed by atoms with Crippen molar-refractivity contribution in [3.05, 3.63) is 65.5 Å². The van der Waals surface area contributed by atoms with Crippen LogP contribution in [0.1, 0.15) is 30.4 Å². The molecule has 10 heteroatoms. The summed E-state index contributed by atoms with van der Waals surface area (Å²) in [5, 5.41) is 16.6. The van der Waals surface area contributed by atoms with E-state index in [0.717, 1.165) is 68.7 Å². The molecule has 0 saturated carbocycles. The van der Waals surface area contributed by atoms with Gasteiger partial charge in [0.1, 0.15) is 5.82 Å². The first kappa shape index (κ1) is 24.0. The van der Waals surface area contributed by atoms with Gasteiger partial charge in [-0.05, 0) is 81.1 Å². The minimum Gasteiger partial charge on any atom is -0.369 e. The third-order valence-corrected chi connectivity index (χ3v) is 8.49. The van der Waals surface area contributed by atoms with E-state index < -0.39 is 0 Å². The minimum atomic E-state index is -0.257. The monoisotopic (exact) mass is 525 g/mol. The fraction of sp³-hybridized carbons (Fsp3) is 0.379. The lowest BCUT2D eigenvalue weighted by Crippen LogP contribution is -2.30. The molecule has 3 N–H and O–H groups in total. The summed E-state index contributed by atoms with van der Waals surface area (Å²) in [6.07, 6.45) is 5.22. The zero-order chi connectivity index (χ0) is 26.6. The first-order valence-corrected chi connectivity index (χ1v) is 13.6. The van der Waals surface area contributed by atoms with E-state index in [1.807, 2.05) is 24.3 Å². The number of likely N-dealkylation sites (tertiary alicyclic amines) is 1. The highest BCUT2D eigenvalue weighted by molar-refractivity contribution is 5.68. The Morgan fingerprint density at radius 1 is 0.974 bits per heavy atom. The molecule has 39 heavy (non-hydrogen) atoms. The van der Waals surface area contributed by atoms with E-state index in [1.165, 1.54) is 22.7 Å². The predicted molar refractivity (Wildman–Crippen MR) is 150 cm³/mol. The number of nitrogens with two attached hydrogens (primary N) is 1. The largest absolute Gasteiger partial charge is 0.369 e. The molecule has 200 valence electrons. The molecule has 1 unspecified atom stereocenters. The molecule has 1 atom stereocenters. The lowest BCUT2D eigenvalue weighted by molar-refractivity contribution is 0.312. The zero-order valence-corrected chi connectivity index (χ0v) is 22.1. The molecular weight excluding hydrogens is 493 g/mol. The highest BCUT2D eigenvalue weighted by atomic mass is 19.1. The number of anilines is 4. The Morgan fingerprint density at radius 2 is 1.82 bits per heavy atom. The topological polar surface area (TPSA) is 101 Å². The maximum atomic E-state index is 15.2. The van der Waals surface area contributed by atoms with Crippen LogP contribution in [0.3, 0.4) is 0 Å². The molecule has 1 spiro atoms. The predicted octanol–water partition coefficient (Wildman–Crippen LogP) is 4.21. The van der Waals surface area contributed by atoms with Gasteiger partial charge in [-0.15, -0.1) is 15.3 Å². The molecule has 0 bridgehead atoms. The molecule has 4 aromatic rings. The Labute approximate surface area is 226 Å². The summed E-state index contributed by atoms with van der Waals surface area (Å²) in [4.78, 5) is 8.90. The number of nitrogen functional groups attached to an aromatic ring is 1. The Morgan fingerprint density at radius 3 is 2.67 bits per heavy atom. The van der Waals surface area contributed by atoms with Crippen LogP contribution in [-0.4, -0.2) is 63.1 Å². The lowest BCUT2D eigenvalue weighted by Gasteiger charge is -2.25. The molecule has 0 amide bonds. The van der Waals surface area contributed by atoms with E-state index in [4.69, 9.17) is 5.73 Å². The fourth-order valence-electron chi connectivity index (χ4n) is 6.53. The summed E-state index contributed by atoms with van der Waals surface area (Å²) in [6, 6.07) is 15.5. The van der Waals surface area contributed by atoms with Crippen LogP contribution in [0.4, 0.5) is 27.7 Å². The summed E-state index contributed by atoms with van der Waals surface area (Å²) in [5.74, 6) is 0.707. The molecule has 0 radical (unpaired) electrons. The van der Waals surface area contributed by atoms with Gasteiger partial charge in [0, 0.05) is 36.3 Å². The van der Waals surface area contributed by atoms with Gasteiger partial charge in [0.05, 0.1) is 11.4 Å². The van der Waals surface area contributed by atoms with Gasteiger partial charge >= 0.3 is 0 Å². The van der Waals surface area contributed by atoms with Crippen LogP contribution in [0, 0.1) is 11.2 Å². The summed E-state index contributed by atoms with van der Waals surface area (Å²) in [5.41, 5.74) is 12.1. The van der Waals surface area contributed by atoms with E-state index in [2.05, 4.69) is 60.6 Å². The third kappa shape index (κ3) is 4.38. The number of hydrogen-bond donors (Lipinski definition) is 2. The van der Waals surface area contributed by atoms with Gasteiger partial charge in [-0.2, -0.15) is 9.67 Å². The molecule has 9 nitrogen and oxygen atoms in total. The molecule has 4 heterocycles. The summed E-state index contributed by atoms with van der Waals surface area (Å²) < 4.78 is 16.7. The number of fused-ring (bicyclic) bond motifs is 3. The summed E-state index contributed by atoms with van der Waals surface area (Å²) in [6.45, 7) is 3.99. The Hall–Kier alpha value is -4.05. The minimum absolute atomic E-state index is 0.182. The Kier molecular flexibility index (Phi) is 5.73. The second-order valence-corrected chi connectivity index (χ2v) is 11.2. The molecule has 2 saturated heterocycles. The first-order chi connectivity index (χ1) is 19.0. The van der Waals surface area contributed by atoms with Crippen LogP contribution < -0.4 is 16.0 Å². The van der Waals surface area contributed by atoms with Crippen molar-refractivity contribution >= 4 is 23.3 Å². The van der Waals surface area contributed by atoms with Gasteiger partial charge in [0.15, 0.2) is 5.82 Å². The average Bonchev–Trinajstić information content (AvgIpc) is 3.58. The van der Waals surface area contributed by atoms with Crippen LogP contribution in [-0.2, 0) is 12.8 Å². The number of nitrogens with one attached hydrogen (secondary N) is 1. The normalized spacial score (nSPS) is 20.7. The number of nitrogens with zero attached hydrogens (tertiary/aromatic N) is 7. The van der Waals surface area contributed by atoms with Crippen LogP contribution in [0.25, 0.3) is 17.1 Å². The molecule has 1 aliphatic carbocycles. The number of hydrogen-bond acceptors (Lipinski definition) is 8. The van der Waals surface area contributed by atoms with Crippen molar-refractivity contribution in [1.29, 1.82) is 0 Å². The van der Waals surface area contributed by atoms with Crippen LogP contribution >= 0.6 is 0 Å². The van der Waals surface area contributed by atoms with Crippen LogP contribution in [0.5, 0.6) is 0 Å². The van der Waals surface area contributed by atoms with Gasteiger partial charge in [-0.3, -0.25) is 0 Å². The van der Waals surface area contributed by atoms with E-state index in [0.29, 0.717) is 17.2 Å². The van der Waals surface area contributed by atoms with E-state index in [9.17, 15) is 0 Å². The SMILES string of the molecule is CN1CCC2(CCN(c3ccc(Nc4nc(N)n(-c5cc6c(nn5)-c5ccccc5CCC6)n4)cc3F)C2)C1. The van der Waals surface area contributed by atoms with Crippen molar-refractivity contribution < 1.29 is 4.39 Å². The molecule has 2 aromatic carbocycles. The smallest absolute Gasteiger partial charge is 0.248 e. The van der Waals surface area contributed by atoms with Crippen LogP contribution in [0.15, 0.2) is 48.5 Å². The fourth-order valence-corrected chi connectivity index (χ4v) is 6.53. The van der Waals surface area contributed by atoms with E-state index in [-0.39, 0.29) is 23.1 Å². The highest BCUT2D eigenvalue weighted by Gasteiger charge is 2.42. The third-order valence-electron chi connectivity index (χ3n) is 8.49. The number of rotatable bonds is 4. The summed E-state index contributed by atoms with van der Waals surface area (Å²) in [7, 11) is 2.17. The molecular formula is C29H32FN9. The first-order valence-electron chi connectivity index (χ1n) is 13.6. The van der Waals surface area contributed by atoms with Gasteiger partial charge in [0.25, 0.3) is 0 Å². The van der Waals surface area contributed by atoms with Gasteiger partial charge in [-0.1, -0.05) is 24.3 Å². The second kappa shape index (κ2) is 9.30. The maximum Gasteiger partial charge on any atom is 0.248 e. The molecule has 2 aromatic heterocycles. The molecule has 7 rings (SSSR count). The second-order valence-electron chi connectivity index (χ2n) is 11.2. The van der Waals surface area contributed by atoms with Crippen molar-refractivity contribution in [3.8, 4) is 17.1 Å². The Bertz CT molecular complexity index is 1550. The van der Waals surface area contributed by atoms with E-state index in [1.54, 1.807) is 0 Å². The number of halogens is 1. The van der Waals surface area contributed by atoms with Crippen molar-refractivity contribution in [2.24, 2.45) is 5.41 Å². The lowest BCUT2D eigenvalue weighted by atomic mass is 9.86. The Balaban J connectivity index is 1.10. The quantitative estimate of drug-likeness (QED) is 0.409. The standard InChI is InChI=1S/C29H32FN9/c1-37-13-11-29(17-37)12-14-38(18-29)24-10-9-21(16-23(24)30)32-28-33-27(31)39(36-28)25-15-20-7-4-6-19-5-2-3-8-22(19)26(20)35-34-25/h2-3,5,8-10,15-16H,4,6-7,11-14,17-18H2,1H3,(H3,31,32,33,36). The van der Waals surface area contributed by atoms with Gasteiger partial charge < -0.3 is 20.9 Å². The number of benzene rings is 2. The number of aryl methyl sites for hydroxylation is 2. The van der Waals surface area contributed by atoms with Crippen LogP contribution in [0.2, 0.25) is 0 Å². The van der Waals surface area contributed by atoms with Gasteiger partial charge in [-0.25, -0.2) is 4.39 Å². The highest BCUT2D eigenvalue weighted by Crippen LogP contribution is 2.41. The number of aromatic nitrogens is 5. The van der Waals surface area contributed by atoms with Crippen molar-refractivity contribution in [3.63, 3.8) is 0 Å². The summed E-state index contributed by atoms with van der Waals surface area (Å²) >= 11 is 0. The van der Waals surface area contributed by atoms with E-state index >= 15 is 4.39 Å². The zero-order valence-electron chi connectivity index (χ0n) is 22.1. The van der Waals surface area contributed by atoms with Crippen molar-refractivity contribution in [2.75, 3.05) is 49.2 Å².